The minimum Gasteiger partial charge on any atom is -0.294 e. The lowest BCUT2D eigenvalue weighted by Crippen LogP contribution is -2.00. The topological polar surface area (TPSA) is 95.2 Å². The molecule has 0 unspecified atom stereocenters. The van der Waals surface area contributed by atoms with Crippen molar-refractivity contribution in [1.29, 1.82) is 0 Å². The molecule has 6 aromatic heterocycles. The van der Waals surface area contributed by atoms with Gasteiger partial charge in [0.2, 0.25) is 0 Å². The average molecular weight is 783 g/mol. The van der Waals surface area contributed by atoms with Gasteiger partial charge >= 0.3 is 0 Å². The summed E-state index contributed by atoms with van der Waals surface area (Å²) in [7, 11) is 0. The van der Waals surface area contributed by atoms with E-state index in [1.54, 1.807) is 12.4 Å². The standard InChI is InChI=1S/C53H34N8/c1-3-13-37(14-4-1)50-58-51(38-15-5-2-6-16-38)60-52(59-50)40-26-27-49-44(32-40)43-19-12-30-56-53(43)61(49)42-18-11-17-39(31-42)35-22-24-36(25-23-35)41-33-47(45-20-7-9-28-54-45)57-48(34-41)46-21-8-10-29-55-46/h1-34H. The van der Waals surface area contributed by atoms with E-state index in [9.17, 15) is 0 Å². The van der Waals surface area contributed by atoms with Crippen molar-refractivity contribution in [2.75, 3.05) is 0 Å². The van der Waals surface area contributed by atoms with E-state index in [2.05, 4.69) is 99.5 Å². The maximum atomic E-state index is 5.00. The molecule has 11 aromatic rings. The van der Waals surface area contributed by atoms with Gasteiger partial charge in [-0.1, -0.05) is 109 Å². The van der Waals surface area contributed by atoms with E-state index >= 15 is 0 Å². The highest BCUT2D eigenvalue weighted by atomic mass is 15.1. The second-order valence-corrected chi connectivity index (χ2v) is 14.7. The van der Waals surface area contributed by atoms with Crippen LogP contribution in [0.2, 0.25) is 0 Å². The van der Waals surface area contributed by atoms with E-state index in [1.807, 2.05) is 109 Å². The first-order valence-electron chi connectivity index (χ1n) is 20.0. The number of benzene rings is 5. The quantitative estimate of drug-likeness (QED) is 0.151. The Morgan fingerprint density at radius 1 is 0.295 bits per heavy atom. The molecule has 8 heteroatoms. The second kappa shape index (κ2) is 15.4. The van der Waals surface area contributed by atoms with Gasteiger partial charge in [-0.2, -0.15) is 0 Å². The molecule has 0 spiro atoms. The lowest BCUT2D eigenvalue weighted by Gasteiger charge is -2.12. The molecule has 0 aliphatic heterocycles. The second-order valence-electron chi connectivity index (χ2n) is 14.7. The Labute approximate surface area is 351 Å². The molecule has 0 amide bonds. The third-order valence-electron chi connectivity index (χ3n) is 10.8. The van der Waals surface area contributed by atoms with Crippen LogP contribution in [0.25, 0.3) is 107 Å². The van der Waals surface area contributed by atoms with Gasteiger partial charge < -0.3 is 0 Å². The van der Waals surface area contributed by atoms with Crippen LogP contribution in [0.3, 0.4) is 0 Å². The van der Waals surface area contributed by atoms with Crippen LogP contribution in [0, 0.1) is 0 Å². The molecule has 0 bridgehead atoms. The lowest BCUT2D eigenvalue weighted by molar-refractivity contribution is 1.07. The van der Waals surface area contributed by atoms with Crippen molar-refractivity contribution >= 4 is 21.9 Å². The molecule has 0 aliphatic carbocycles. The molecular formula is C53H34N8. The summed E-state index contributed by atoms with van der Waals surface area (Å²) in [5.41, 5.74) is 13.2. The highest BCUT2D eigenvalue weighted by molar-refractivity contribution is 6.09. The van der Waals surface area contributed by atoms with Crippen LogP contribution in [0.15, 0.2) is 207 Å². The van der Waals surface area contributed by atoms with Crippen molar-refractivity contribution in [3.8, 4) is 84.9 Å². The number of hydrogen-bond donors (Lipinski definition) is 0. The zero-order valence-corrected chi connectivity index (χ0v) is 32.7. The van der Waals surface area contributed by atoms with Crippen molar-refractivity contribution in [3.63, 3.8) is 0 Å². The Balaban J connectivity index is 0.971. The molecule has 286 valence electrons. The number of aromatic nitrogens is 8. The Bertz CT molecular complexity index is 3220. The molecule has 0 aliphatic rings. The van der Waals surface area contributed by atoms with Gasteiger partial charge in [0.1, 0.15) is 5.65 Å². The van der Waals surface area contributed by atoms with Crippen molar-refractivity contribution in [2.45, 2.75) is 0 Å². The number of fused-ring (bicyclic) bond motifs is 3. The van der Waals surface area contributed by atoms with E-state index in [0.717, 1.165) is 89.3 Å². The maximum absolute atomic E-state index is 5.00. The zero-order chi connectivity index (χ0) is 40.5. The van der Waals surface area contributed by atoms with Gasteiger partial charge in [0.25, 0.3) is 0 Å². The van der Waals surface area contributed by atoms with Crippen molar-refractivity contribution in [1.82, 2.24) is 39.5 Å². The van der Waals surface area contributed by atoms with Crippen LogP contribution in [0.5, 0.6) is 0 Å². The van der Waals surface area contributed by atoms with E-state index in [1.165, 1.54) is 0 Å². The molecule has 0 fully saturated rings. The number of hydrogen-bond acceptors (Lipinski definition) is 7. The van der Waals surface area contributed by atoms with Crippen LogP contribution >= 0.6 is 0 Å². The summed E-state index contributed by atoms with van der Waals surface area (Å²) in [4.78, 5) is 33.9. The predicted molar refractivity (Wildman–Crippen MR) is 243 cm³/mol. The fourth-order valence-corrected chi connectivity index (χ4v) is 7.85. The first-order chi connectivity index (χ1) is 30.2. The minimum absolute atomic E-state index is 0.609. The summed E-state index contributed by atoms with van der Waals surface area (Å²) in [6.45, 7) is 0. The Morgan fingerprint density at radius 3 is 1.44 bits per heavy atom. The first kappa shape index (κ1) is 35.7. The molecule has 5 aromatic carbocycles. The average Bonchev–Trinajstić information content (AvgIpc) is 3.68. The van der Waals surface area contributed by atoms with Crippen LogP contribution in [0.4, 0.5) is 0 Å². The summed E-state index contributed by atoms with van der Waals surface area (Å²) in [6.07, 6.45) is 5.43. The Kier molecular flexibility index (Phi) is 8.98. The normalized spacial score (nSPS) is 11.3. The SMILES string of the molecule is c1ccc(-c2nc(-c3ccccc3)nc(-c3ccc4c(c3)c3cccnc3n4-c3cccc(-c4ccc(-c5cc(-c6ccccn6)nc(-c6ccccn6)c5)cc4)c3)n2)cc1. The molecule has 11 rings (SSSR count). The molecule has 0 saturated carbocycles. The van der Waals surface area contributed by atoms with Crippen LogP contribution < -0.4 is 0 Å². The van der Waals surface area contributed by atoms with Gasteiger partial charge in [-0.3, -0.25) is 14.5 Å². The Morgan fingerprint density at radius 2 is 0.836 bits per heavy atom. The summed E-state index contributed by atoms with van der Waals surface area (Å²) in [5, 5.41) is 2.10. The van der Waals surface area contributed by atoms with E-state index in [4.69, 9.17) is 24.9 Å². The number of nitrogens with zero attached hydrogens (tertiary/aromatic N) is 8. The fourth-order valence-electron chi connectivity index (χ4n) is 7.85. The monoisotopic (exact) mass is 782 g/mol. The van der Waals surface area contributed by atoms with Crippen LogP contribution in [0.1, 0.15) is 0 Å². The van der Waals surface area contributed by atoms with Crippen molar-refractivity contribution in [3.05, 3.63) is 207 Å². The van der Waals surface area contributed by atoms with E-state index in [0.29, 0.717) is 17.5 Å². The highest BCUT2D eigenvalue weighted by Gasteiger charge is 2.18. The predicted octanol–water partition coefficient (Wildman–Crippen LogP) is 12.2. The molecule has 0 radical (unpaired) electrons. The molecule has 8 nitrogen and oxygen atoms in total. The summed E-state index contributed by atoms with van der Waals surface area (Å²) >= 11 is 0. The fraction of sp³-hybridized carbons (Fsp3) is 0. The molecule has 61 heavy (non-hydrogen) atoms. The van der Waals surface area contributed by atoms with Crippen molar-refractivity contribution < 1.29 is 0 Å². The summed E-state index contributed by atoms with van der Waals surface area (Å²) in [5.74, 6) is 1.86. The summed E-state index contributed by atoms with van der Waals surface area (Å²) < 4.78 is 2.24. The van der Waals surface area contributed by atoms with Gasteiger partial charge in [0.05, 0.1) is 28.3 Å². The van der Waals surface area contributed by atoms with Gasteiger partial charge in [-0.25, -0.2) is 24.9 Å². The largest absolute Gasteiger partial charge is 0.294 e. The highest BCUT2D eigenvalue weighted by Crippen LogP contribution is 2.36. The maximum Gasteiger partial charge on any atom is 0.164 e. The molecule has 0 N–H and O–H groups in total. The van der Waals surface area contributed by atoms with Crippen molar-refractivity contribution in [2.24, 2.45) is 0 Å². The van der Waals surface area contributed by atoms with E-state index < -0.39 is 0 Å². The van der Waals surface area contributed by atoms with Gasteiger partial charge in [-0.15, -0.1) is 0 Å². The van der Waals surface area contributed by atoms with Gasteiger partial charge in [0.15, 0.2) is 17.5 Å². The molecule has 0 saturated heterocycles. The van der Waals surface area contributed by atoms with Gasteiger partial charge in [-0.05, 0) is 101 Å². The van der Waals surface area contributed by atoms with Crippen LogP contribution in [-0.4, -0.2) is 39.5 Å². The molecule has 6 heterocycles. The smallest absolute Gasteiger partial charge is 0.164 e. The first-order valence-corrected chi connectivity index (χ1v) is 20.0. The molecule has 0 atom stereocenters. The Hall–Kier alpha value is -8.49. The number of pyridine rings is 4. The minimum atomic E-state index is 0.609. The zero-order valence-electron chi connectivity index (χ0n) is 32.7. The third kappa shape index (κ3) is 6.88. The van der Waals surface area contributed by atoms with E-state index in [-0.39, 0.29) is 0 Å². The lowest BCUT2D eigenvalue weighted by atomic mass is 9.98. The van der Waals surface area contributed by atoms with Crippen LogP contribution in [-0.2, 0) is 0 Å². The summed E-state index contributed by atoms with van der Waals surface area (Å²) in [6, 6.07) is 63.9. The van der Waals surface area contributed by atoms with Gasteiger partial charge in [0, 0.05) is 51.7 Å². The molecular weight excluding hydrogens is 749 g/mol. The third-order valence-corrected chi connectivity index (χ3v) is 10.8. The number of rotatable bonds is 8.